The monoisotopic (exact) mass is 322 g/mol. The number of methoxy groups -OCH3 is 1. The van der Waals surface area contributed by atoms with Crippen LogP contribution in [-0.2, 0) is 11.2 Å². The smallest absolute Gasteiger partial charge is 0.407 e. The van der Waals surface area contributed by atoms with E-state index in [1.807, 2.05) is 39.0 Å². The summed E-state index contributed by atoms with van der Waals surface area (Å²) in [4.78, 5) is 11.5. The lowest BCUT2D eigenvalue weighted by Gasteiger charge is -2.20. The van der Waals surface area contributed by atoms with Crippen molar-refractivity contribution >= 4 is 6.09 Å². The van der Waals surface area contributed by atoms with Crippen LogP contribution in [0.3, 0.4) is 0 Å². The number of benzene rings is 1. The number of hydrogen-bond acceptors (Lipinski definition) is 4. The molecule has 0 bridgehead atoms. The number of carbonyl (C=O) groups excluding carboxylic acids is 1. The van der Waals surface area contributed by atoms with Gasteiger partial charge in [0.2, 0.25) is 0 Å². The fourth-order valence-corrected chi connectivity index (χ4v) is 2.22. The molecular formula is C18H30N2O3. The van der Waals surface area contributed by atoms with Gasteiger partial charge in [-0.25, -0.2) is 4.79 Å². The van der Waals surface area contributed by atoms with Crippen LogP contribution in [0.2, 0.25) is 0 Å². The number of rotatable bonds is 8. The predicted octanol–water partition coefficient (Wildman–Crippen LogP) is 3.13. The Bertz CT molecular complexity index is 483. The van der Waals surface area contributed by atoms with Crippen LogP contribution in [0.1, 0.15) is 39.7 Å². The van der Waals surface area contributed by atoms with Gasteiger partial charge in [0, 0.05) is 12.6 Å². The summed E-state index contributed by atoms with van der Waals surface area (Å²) < 4.78 is 10.6. The number of ether oxygens (including phenoxy) is 2. The van der Waals surface area contributed by atoms with E-state index in [0.29, 0.717) is 12.6 Å². The average Bonchev–Trinajstić information content (AvgIpc) is 2.45. The van der Waals surface area contributed by atoms with Gasteiger partial charge < -0.3 is 20.1 Å². The molecule has 2 N–H and O–H groups in total. The zero-order chi connectivity index (χ0) is 17.3. The molecule has 1 unspecified atom stereocenters. The van der Waals surface area contributed by atoms with Gasteiger partial charge in [0.05, 0.1) is 7.11 Å². The zero-order valence-electron chi connectivity index (χ0n) is 14.9. The number of nitrogens with one attached hydrogen (secondary N) is 2. The van der Waals surface area contributed by atoms with Gasteiger partial charge in [0.15, 0.2) is 0 Å². The summed E-state index contributed by atoms with van der Waals surface area (Å²) in [5.74, 6) is 0.924. The summed E-state index contributed by atoms with van der Waals surface area (Å²) >= 11 is 0. The second-order valence-electron chi connectivity index (χ2n) is 6.65. The summed E-state index contributed by atoms with van der Waals surface area (Å²) in [6.07, 6.45) is 1.40. The van der Waals surface area contributed by atoms with Crippen molar-refractivity contribution in [1.29, 1.82) is 0 Å². The van der Waals surface area contributed by atoms with E-state index < -0.39 is 5.60 Å². The Morgan fingerprint density at radius 1 is 1.22 bits per heavy atom. The molecule has 1 atom stereocenters. The Hall–Kier alpha value is -1.75. The third-order valence-electron chi connectivity index (χ3n) is 3.23. The SMILES string of the molecule is COc1ccccc1CC(C)NCCCNC(=O)OC(C)(C)C. The number of hydrogen-bond donors (Lipinski definition) is 2. The van der Waals surface area contributed by atoms with E-state index in [-0.39, 0.29) is 6.09 Å². The van der Waals surface area contributed by atoms with E-state index in [2.05, 4.69) is 23.6 Å². The Balaban J connectivity index is 2.19. The van der Waals surface area contributed by atoms with Gasteiger partial charge in [-0.2, -0.15) is 0 Å². The average molecular weight is 322 g/mol. The molecule has 1 aromatic carbocycles. The first kappa shape index (κ1) is 19.3. The van der Waals surface area contributed by atoms with Crippen molar-refractivity contribution < 1.29 is 14.3 Å². The molecule has 0 saturated carbocycles. The summed E-state index contributed by atoms with van der Waals surface area (Å²) in [5.41, 5.74) is 0.743. The van der Waals surface area contributed by atoms with Gasteiger partial charge in [-0.1, -0.05) is 18.2 Å². The molecule has 1 amide bonds. The van der Waals surface area contributed by atoms with Gasteiger partial charge in [-0.15, -0.1) is 0 Å². The van der Waals surface area contributed by atoms with E-state index >= 15 is 0 Å². The van der Waals surface area contributed by atoms with Crippen molar-refractivity contribution in [1.82, 2.24) is 10.6 Å². The first-order chi connectivity index (χ1) is 10.8. The maximum absolute atomic E-state index is 11.5. The van der Waals surface area contributed by atoms with Crippen LogP contribution in [0.25, 0.3) is 0 Å². The second-order valence-corrected chi connectivity index (χ2v) is 6.65. The van der Waals surface area contributed by atoms with Crippen LogP contribution in [0, 0.1) is 0 Å². The molecule has 130 valence electrons. The highest BCUT2D eigenvalue weighted by molar-refractivity contribution is 5.67. The third kappa shape index (κ3) is 8.45. The van der Waals surface area contributed by atoms with Crippen LogP contribution in [-0.4, -0.2) is 37.9 Å². The largest absolute Gasteiger partial charge is 0.496 e. The topological polar surface area (TPSA) is 59.6 Å². The molecular weight excluding hydrogens is 292 g/mol. The molecule has 0 saturated heterocycles. The maximum atomic E-state index is 11.5. The molecule has 5 heteroatoms. The van der Waals surface area contributed by atoms with Crippen molar-refractivity contribution in [2.24, 2.45) is 0 Å². The normalized spacial score (nSPS) is 12.6. The third-order valence-corrected chi connectivity index (χ3v) is 3.23. The minimum Gasteiger partial charge on any atom is -0.496 e. The van der Waals surface area contributed by atoms with Gasteiger partial charge in [0.25, 0.3) is 0 Å². The maximum Gasteiger partial charge on any atom is 0.407 e. The standard InChI is InChI=1S/C18H30N2O3/c1-14(13-15-9-6-7-10-16(15)22-5)19-11-8-12-20-17(21)23-18(2,3)4/h6-7,9-10,14,19H,8,11-13H2,1-5H3,(H,20,21). The summed E-state index contributed by atoms with van der Waals surface area (Å²) in [6, 6.07) is 8.40. The number of alkyl carbamates (subject to hydrolysis) is 1. The fourth-order valence-electron chi connectivity index (χ4n) is 2.22. The van der Waals surface area contributed by atoms with Crippen LogP contribution < -0.4 is 15.4 Å². The lowest BCUT2D eigenvalue weighted by molar-refractivity contribution is 0.0527. The van der Waals surface area contributed by atoms with Crippen molar-refractivity contribution in [2.45, 2.75) is 52.2 Å². The van der Waals surface area contributed by atoms with Gasteiger partial charge in [-0.05, 0) is 58.7 Å². The van der Waals surface area contributed by atoms with E-state index in [4.69, 9.17) is 9.47 Å². The highest BCUT2D eigenvalue weighted by Gasteiger charge is 2.15. The predicted molar refractivity (Wildman–Crippen MR) is 93.0 cm³/mol. The van der Waals surface area contributed by atoms with E-state index in [0.717, 1.165) is 25.1 Å². The molecule has 0 radical (unpaired) electrons. The molecule has 1 rings (SSSR count). The van der Waals surface area contributed by atoms with Crippen LogP contribution >= 0.6 is 0 Å². The molecule has 0 fully saturated rings. The Labute approximate surface area is 139 Å². The lowest BCUT2D eigenvalue weighted by atomic mass is 10.1. The van der Waals surface area contributed by atoms with Crippen molar-refractivity contribution in [2.75, 3.05) is 20.2 Å². The number of amides is 1. The summed E-state index contributed by atoms with van der Waals surface area (Å²) in [7, 11) is 1.69. The molecule has 23 heavy (non-hydrogen) atoms. The molecule has 1 aromatic rings. The molecule has 0 aliphatic heterocycles. The number of carbonyl (C=O) groups is 1. The first-order valence-corrected chi connectivity index (χ1v) is 8.14. The van der Waals surface area contributed by atoms with Crippen molar-refractivity contribution in [3.63, 3.8) is 0 Å². The Morgan fingerprint density at radius 2 is 1.91 bits per heavy atom. The molecule has 0 aliphatic rings. The summed E-state index contributed by atoms with van der Waals surface area (Å²) in [5, 5.41) is 6.22. The summed E-state index contributed by atoms with van der Waals surface area (Å²) in [6.45, 7) is 9.15. The molecule has 5 nitrogen and oxygen atoms in total. The molecule has 0 aromatic heterocycles. The molecule has 0 aliphatic carbocycles. The highest BCUT2D eigenvalue weighted by atomic mass is 16.6. The Kier molecular flexibility index (Phi) is 7.89. The molecule has 0 spiro atoms. The van der Waals surface area contributed by atoms with Crippen molar-refractivity contribution in [3.8, 4) is 5.75 Å². The van der Waals surface area contributed by atoms with E-state index in [1.165, 1.54) is 5.56 Å². The zero-order valence-corrected chi connectivity index (χ0v) is 14.9. The van der Waals surface area contributed by atoms with Gasteiger partial charge in [0.1, 0.15) is 11.4 Å². The second kappa shape index (κ2) is 9.40. The van der Waals surface area contributed by atoms with Gasteiger partial charge >= 0.3 is 6.09 Å². The van der Waals surface area contributed by atoms with Crippen LogP contribution in [0.5, 0.6) is 5.75 Å². The first-order valence-electron chi connectivity index (χ1n) is 8.14. The minimum atomic E-state index is -0.453. The highest BCUT2D eigenvalue weighted by Crippen LogP contribution is 2.18. The molecule has 0 heterocycles. The number of para-hydroxylation sites is 1. The lowest BCUT2D eigenvalue weighted by Crippen LogP contribution is -2.35. The van der Waals surface area contributed by atoms with E-state index in [1.54, 1.807) is 7.11 Å². The minimum absolute atomic E-state index is 0.341. The Morgan fingerprint density at radius 3 is 2.57 bits per heavy atom. The fraction of sp³-hybridized carbons (Fsp3) is 0.611. The van der Waals surface area contributed by atoms with Gasteiger partial charge in [-0.3, -0.25) is 0 Å². The van der Waals surface area contributed by atoms with E-state index in [9.17, 15) is 4.79 Å². The van der Waals surface area contributed by atoms with Crippen molar-refractivity contribution in [3.05, 3.63) is 29.8 Å². The van der Waals surface area contributed by atoms with Crippen LogP contribution in [0.4, 0.5) is 4.79 Å². The van der Waals surface area contributed by atoms with Crippen LogP contribution in [0.15, 0.2) is 24.3 Å². The quantitative estimate of drug-likeness (QED) is 0.722.